The van der Waals surface area contributed by atoms with Crippen LogP contribution in [0.3, 0.4) is 0 Å². The molecule has 0 amide bonds. The first-order valence-corrected chi connectivity index (χ1v) is 7.30. The predicted molar refractivity (Wildman–Crippen MR) is 90.3 cm³/mol. The molecule has 0 spiro atoms. The van der Waals surface area contributed by atoms with Gasteiger partial charge in [0.05, 0.1) is 14.2 Å². The standard InChI is InChI=1S/C18H19NO5/c1-11(20)12-4-7-14(8-5-12)19-10-13-6-9-15(23-2)17(24-3)16(13)18(21)22/h4-9,19H,10H2,1-3H3,(H,21,22). The Morgan fingerprint density at radius 1 is 1.04 bits per heavy atom. The molecule has 0 aliphatic heterocycles. The maximum absolute atomic E-state index is 11.6. The molecule has 0 aliphatic carbocycles. The molecule has 0 atom stereocenters. The Kier molecular flexibility index (Phi) is 5.42. The fourth-order valence-corrected chi connectivity index (χ4v) is 2.37. The quantitative estimate of drug-likeness (QED) is 0.759. The first-order chi connectivity index (χ1) is 11.5. The highest BCUT2D eigenvalue weighted by Crippen LogP contribution is 2.33. The average molecular weight is 329 g/mol. The number of Topliss-reactive ketones (excluding diaryl/α,β-unsaturated/α-hetero) is 1. The molecular weight excluding hydrogens is 310 g/mol. The molecule has 0 aromatic heterocycles. The molecule has 6 nitrogen and oxygen atoms in total. The van der Waals surface area contributed by atoms with Crippen molar-refractivity contribution in [3.05, 3.63) is 53.1 Å². The second-order valence-corrected chi connectivity index (χ2v) is 5.13. The summed E-state index contributed by atoms with van der Waals surface area (Å²) in [6.45, 7) is 1.80. The van der Waals surface area contributed by atoms with E-state index in [9.17, 15) is 14.7 Å². The molecule has 6 heteroatoms. The fraction of sp³-hybridized carbons (Fsp3) is 0.222. The second kappa shape index (κ2) is 7.50. The third-order valence-corrected chi connectivity index (χ3v) is 3.62. The molecule has 0 saturated carbocycles. The number of carboxylic acid groups (broad SMARTS) is 1. The minimum atomic E-state index is -1.09. The van der Waals surface area contributed by atoms with Crippen molar-refractivity contribution in [2.45, 2.75) is 13.5 Å². The van der Waals surface area contributed by atoms with E-state index in [1.807, 2.05) is 0 Å². The molecule has 126 valence electrons. The molecule has 24 heavy (non-hydrogen) atoms. The number of carboxylic acids is 1. The number of carbonyl (C=O) groups is 2. The Labute approximate surface area is 140 Å². The fourth-order valence-electron chi connectivity index (χ4n) is 2.37. The van der Waals surface area contributed by atoms with Crippen molar-refractivity contribution in [3.63, 3.8) is 0 Å². The molecule has 2 aromatic carbocycles. The van der Waals surface area contributed by atoms with Gasteiger partial charge in [0.25, 0.3) is 0 Å². The van der Waals surface area contributed by atoms with Gasteiger partial charge in [0.2, 0.25) is 0 Å². The van der Waals surface area contributed by atoms with Gasteiger partial charge in [-0.25, -0.2) is 4.79 Å². The van der Waals surface area contributed by atoms with Crippen molar-refractivity contribution in [2.75, 3.05) is 19.5 Å². The SMILES string of the molecule is COc1ccc(CNc2ccc(C(C)=O)cc2)c(C(=O)O)c1OC. The van der Waals surface area contributed by atoms with E-state index in [0.29, 0.717) is 23.4 Å². The van der Waals surface area contributed by atoms with E-state index in [0.717, 1.165) is 5.69 Å². The summed E-state index contributed by atoms with van der Waals surface area (Å²) in [4.78, 5) is 22.9. The van der Waals surface area contributed by atoms with Gasteiger partial charge in [0, 0.05) is 17.8 Å². The second-order valence-electron chi connectivity index (χ2n) is 5.13. The topological polar surface area (TPSA) is 84.9 Å². The van der Waals surface area contributed by atoms with Crippen molar-refractivity contribution in [1.82, 2.24) is 0 Å². The lowest BCUT2D eigenvalue weighted by molar-refractivity contribution is 0.0691. The number of nitrogens with one attached hydrogen (secondary N) is 1. The van der Waals surface area contributed by atoms with Crippen molar-refractivity contribution < 1.29 is 24.2 Å². The summed E-state index contributed by atoms with van der Waals surface area (Å²) in [5.41, 5.74) is 2.03. The Bertz CT molecular complexity index is 753. The van der Waals surface area contributed by atoms with E-state index in [-0.39, 0.29) is 17.1 Å². The van der Waals surface area contributed by atoms with Gasteiger partial charge in [-0.05, 0) is 42.8 Å². The molecule has 0 fully saturated rings. The Balaban J connectivity index is 2.26. The number of hydrogen-bond donors (Lipinski definition) is 2. The molecule has 2 rings (SSSR count). The maximum Gasteiger partial charge on any atom is 0.339 e. The van der Waals surface area contributed by atoms with Gasteiger partial charge >= 0.3 is 5.97 Å². The Hall–Kier alpha value is -3.02. The van der Waals surface area contributed by atoms with Crippen molar-refractivity contribution in [3.8, 4) is 11.5 Å². The van der Waals surface area contributed by atoms with Crippen LogP contribution in [0.2, 0.25) is 0 Å². The van der Waals surface area contributed by atoms with Gasteiger partial charge in [0.1, 0.15) is 5.56 Å². The van der Waals surface area contributed by atoms with Crippen LogP contribution in [0, 0.1) is 0 Å². The zero-order valence-electron chi connectivity index (χ0n) is 13.8. The van der Waals surface area contributed by atoms with Crippen molar-refractivity contribution in [1.29, 1.82) is 0 Å². The van der Waals surface area contributed by atoms with Crippen LogP contribution < -0.4 is 14.8 Å². The number of rotatable bonds is 7. The first kappa shape index (κ1) is 17.3. The predicted octanol–water partition coefficient (Wildman–Crippen LogP) is 3.22. The zero-order valence-corrected chi connectivity index (χ0v) is 13.8. The zero-order chi connectivity index (χ0) is 17.7. The lowest BCUT2D eigenvalue weighted by Crippen LogP contribution is -2.10. The first-order valence-electron chi connectivity index (χ1n) is 7.30. The monoisotopic (exact) mass is 329 g/mol. The molecule has 0 aliphatic rings. The van der Waals surface area contributed by atoms with Crippen LogP contribution >= 0.6 is 0 Å². The molecule has 0 radical (unpaired) electrons. The summed E-state index contributed by atoms with van der Waals surface area (Å²) in [5, 5.41) is 12.6. The van der Waals surface area contributed by atoms with Gasteiger partial charge in [0.15, 0.2) is 17.3 Å². The lowest BCUT2D eigenvalue weighted by Gasteiger charge is -2.15. The van der Waals surface area contributed by atoms with E-state index in [2.05, 4.69) is 5.32 Å². The maximum atomic E-state index is 11.6. The number of anilines is 1. The average Bonchev–Trinajstić information content (AvgIpc) is 2.58. The van der Waals surface area contributed by atoms with Gasteiger partial charge in [-0.3, -0.25) is 4.79 Å². The van der Waals surface area contributed by atoms with Crippen LogP contribution in [0.1, 0.15) is 33.2 Å². The minimum absolute atomic E-state index is 0.00500. The summed E-state index contributed by atoms with van der Waals surface area (Å²) in [7, 11) is 2.86. The van der Waals surface area contributed by atoms with Gasteiger partial charge < -0.3 is 19.9 Å². The molecule has 0 heterocycles. The molecule has 0 unspecified atom stereocenters. The van der Waals surface area contributed by atoms with Crippen molar-refractivity contribution >= 4 is 17.4 Å². The normalized spacial score (nSPS) is 10.1. The Morgan fingerprint density at radius 2 is 1.71 bits per heavy atom. The third-order valence-electron chi connectivity index (χ3n) is 3.62. The lowest BCUT2D eigenvalue weighted by atomic mass is 10.0. The summed E-state index contributed by atoms with van der Waals surface area (Å²) in [5.74, 6) is -0.537. The number of methoxy groups -OCH3 is 2. The number of carbonyl (C=O) groups excluding carboxylic acids is 1. The largest absolute Gasteiger partial charge is 0.493 e. The van der Waals surface area contributed by atoms with Crippen LogP contribution in [0.5, 0.6) is 11.5 Å². The number of hydrogen-bond acceptors (Lipinski definition) is 5. The number of benzene rings is 2. The summed E-state index contributed by atoms with van der Waals surface area (Å²) >= 11 is 0. The highest BCUT2D eigenvalue weighted by atomic mass is 16.5. The molecule has 2 aromatic rings. The number of ketones is 1. The van der Waals surface area contributed by atoms with E-state index in [4.69, 9.17) is 9.47 Å². The Morgan fingerprint density at radius 3 is 2.21 bits per heavy atom. The van der Waals surface area contributed by atoms with Crippen molar-refractivity contribution in [2.24, 2.45) is 0 Å². The highest BCUT2D eigenvalue weighted by molar-refractivity contribution is 5.94. The number of ether oxygens (including phenoxy) is 2. The van der Waals surface area contributed by atoms with Crippen LogP contribution in [0.25, 0.3) is 0 Å². The van der Waals surface area contributed by atoms with Crippen LogP contribution in [0.15, 0.2) is 36.4 Å². The molecule has 0 bridgehead atoms. The van der Waals surface area contributed by atoms with Crippen LogP contribution in [-0.4, -0.2) is 31.1 Å². The van der Waals surface area contributed by atoms with Gasteiger partial charge in [-0.15, -0.1) is 0 Å². The molecule has 2 N–H and O–H groups in total. The minimum Gasteiger partial charge on any atom is -0.493 e. The van der Waals surface area contributed by atoms with E-state index in [1.165, 1.54) is 21.1 Å². The van der Waals surface area contributed by atoms with Gasteiger partial charge in [-0.1, -0.05) is 6.07 Å². The number of aromatic carboxylic acids is 1. The van der Waals surface area contributed by atoms with E-state index < -0.39 is 5.97 Å². The summed E-state index contributed by atoms with van der Waals surface area (Å²) in [6, 6.07) is 10.3. The molecular formula is C18H19NO5. The van der Waals surface area contributed by atoms with Gasteiger partial charge in [-0.2, -0.15) is 0 Å². The van der Waals surface area contributed by atoms with Crippen LogP contribution in [-0.2, 0) is 6.54 Å². The third kappa shape index (κ3) is 3.65. The highest BCUT2D eigenvalue weighted by Gasteiger charge is 2.20. The van der Waals surface area contributed by atoms with E-state index in [1.54, 1.807) is 36.4 Å². The summed E-state index contributed by atoms with van der Waals surface area (Å²) in [6.07, 6.45) is 0. The van der Waals surface area contributed by atoms with Crippen LogP contribution in [0.4, 0.5) is 5.69 Å². The summed E-state index contributed by atoms with van der Waals surface area (Å²) < 4.78 is 10.3. The smallest absolute Gasteiger partial charge is 0.339 e. The van der Waals surface area contributed by atoms with E-state index >= 15 is 0 Å². The molecule has 0 saturated heterocycles.